The normalized spacial score (nSPS) is 15.3. The number of rotatable bonds is 6. The molecular weight excluding hydrogens is 445 g/mol. The lowest BCUT2D eigenvalue weighted by Crippen LogP contribution is -2.20. The standard InChI is InChI=1S/C18H24IN5O2/c1-26-15-9-8-14(10-12(15)11-19)21-17-22-16(23-18(25)24-17)20-13-6-4-2-3-5-7-13/h8-10,13H,2-7,11H2,1H3,(H3,20,21,22,23,24,25). The lowest BCUT2D eigenvalue weighted by Gasteiger charge is -2.16. The van der Waals surface area contributed by atoms with E-state index in [1.54, 1.807) is 7.11 Å². The van der Waals surface area contributed by atoms with Gasteiger partial charge in [-0.3, -0.25) is 0 Å². The highest BCUT2D eigenvalue weighted by Crippen LogP contribution is 2.27. The van der Waals surface area contributed by atoms with E-state index in [9.17, 15) is 5.11 Å². The molecule has 8 heteroatoms. The zero-order valence-electron chi connectivity index (χ0n) is 14.8. The molecule has 1 aromatic carbocycles. The van der Waals surface area contributed by atoms with Gasteiger partial charge in [0, 0.05) is 21.7 Å². The van der Waals surface area contributed by atoms with Gasteiger partial charge in [-0.1, -0.05) is 48.3 Å². The fraction of sp³-hybridized carbons (Fsp3) is 0.500. The third kappa shape index (κ3) is 5.09. The highest BCUT2D eigenvalue weighted by atomic mass is 127. The number of aromatic nitrogens is 3. The van der Waals surface area contributed by atoms with Crippen molar-refractivity contribution in [3.63, 3.8) is 0 Å². The van der Waals surface area contributed by atoms with E-state index in [0.29, 0.717) is 17.9 Å². The van der Waals surface area contributed by atoms with Crippen LogP contribution in [-0.2, 0) is 4.43 Å². The maximum absolute atomic E-state index is 9.88. The first-order valence-corrected chi connectivity index (χ1v) is 10.4. The van der Waals surface area contributed by atoms with Gasteiger partial charge in [0.1, 0.15) is 5.75 Å². The quantitative estimate of drug-likeness (QED) is 0.328. The average Bonchev–Trinajstić information content (AvgIpc) is 2.89. The molecule has 2 aromatic rings. The molecular formula is C18H24IN5O2. The smallest absolute Gasteiger partial charge is 0.320 e. The predicted octanol–water partition coefficient (Wildman–Crippen LogP) is 4.40. The molecule has 0 spiro atoms. The first-order chi connectivity index (χ1) is 12.7. The van der Waals surface area contributed by atoms with Gasteiger partial charge in [0.25, 0.3) is 0 Å². The molecule has 0 bridgehead atoms. The van der Waals surface area contributed by atoms with Crippen LogP contribution in [0, 0.1) is 0 Å². The van der Waals surface area contributed by atoms with E-state index >= 15 is 0 Å². The molecule has 1 aromatic heterocycles. The lowest BCUT2D eigenvalue weighted by atomic mass is 10.1. The largest absolute Gasteiger partial charge is 0.496 e. The summed E-state index contributed by atoms with van der Waals surface area (Å²) in [7, 11) is 1.66. The second-order valence-corrected chi connectivity index (χ2v) is 7.16. The van der Waals surface area contributed by atoms with Crippen molar-refractivity contribution in [3.05, 3.63) is 23.8 Å². The van der Waals surface area contributed by atoms with Gasteiger partial charge >= 0.3 is 6.01 Å². The summed E-state index contributed by atoms with van der Waals surface area (Å²) in [6, 6.07) is 5.85. The molecule has 7 nitrogen and oxygen atoms in total. The number of nitrogens with one attached hydrogen (secondary N) is 2. The van der Waals surface area contributed by atoms with Crippen LogP contribution < -0.4 is 15.4 Å². The van der Waals surface area contributed by atoms with Crippen LogP contribution in [0.2, 0.25) is 0 Å². The monoisotopic (exact) mass is 469 g/mol. The third-order valence-electron chi connectivity index (χ3n) is 4.49. The molecule has 0 unspecified atom stereocenters. The predicted molar refractivity (Wildman–Crippen MR) is 111 cm³/mol. The van der Waals surface area contributed by atoms with E-state index in [0.717, 1.165) is 34.3 Å². The van der Waals surface area contributed by atoms with Crippen molar-refractivity contribution in [2.75, 3.05) is 17.7 Å². The molecule has 140 valence electrons. The Kier molecular flexibility index (Phi) is 6.70. The Hall–Kier alpha value is -1.84. The van der Waals surface area contributed by atoms with Crippen LogP contribution in [-0.4, -0.2) is 33.2 Å². The van der Waals surface area contributed by atoms with E-state index in [-0.39, 0.29) is 6.01 Å². The van der Waals surface area contributed by atoms with Gasteiger partial charge in [0.15, 0.2) is 0 Å². The van der Waals surface area contributed by atoms with Crippen molar-refractivity contribution >= 4 is 40.2 Å². The van der Waals surface area contributed by atoms with Crippen molar-refractivity contribution in [2.45, 2.75) is 49.0 Å². The third-order valence-corrected chi connectivity index (χ3v) is 5.31. The van der Waals surface area contributed by atoms with E-state index in [1.165, 1.54) is 25.7 Å². The van der Waals surface area contributed by atoms with Crippen molar-refractivity contribution in [1.29, 1.82) is 0 Å². The number of alkyl halides is 1. The summed E-state index contributed by atoms with van der Waals surface area (Å²) in [6.45, 7) is 0. The molecule has 1 heterocycles. The molecule has 1 aliphatic carbocycles. The number of methoxy groups -OCH3 is 1. The number of halogens is 1. The summed E-state index contributed by atoms with van der Waals surface area (Å²) in [5, 5.41) is 16.4. The summed E-state index contributed by atoms with van der Waals surface area (Å²) in [5.74, 6) is 1.58. The topological polar surface area (TPSA) is 92.2 Å². The van der Waals surface area contributed by atoms with Gasteiger partial charge in [-0.2, -0.15) is 15.0 Å². The molecule has 0 atom stereocenters. The molecule has 1 aliphatic rings. The van der Waals surface area contributed by atoms with Gasteiger partial charge in [0.2, 0.25) is 11.9 Å². The lowest BCUT2D eigenvalue weighted by molar-refractivity contribution is 0.411. The summed E-state index contributed by atoms with van der Waals surface area (Å²) < 4.78 is 6.18. The molecule has 0 radical (unpaired) electrons. The maximum atomic E-state index is 9.88. The van der Waals surface area contributed by atoms with Crippen molar-refractivity contribution < 1.29 is 9.84 Å². The number of benzene rings is 1. The molecule has 0 saturated heterocycles. The van der Waals surface area contributed by atoms with Crippen LogP contribution in [0.25, 0.3) is 0 Å². The Morgan fingerprint density at radius 3 is 2.54 bits per heavy atom. The number of aromatic hydroxyl groups is 1. The Bertz CT molecular complexity index is 736. The molecule has 26 heavy (non-hydrogen) atoms. The highest BCUT2D eigenvalue weighted by molar-refractivity contribution is 14.1. The molecule has 0 aliphatic heterocycles. The van der Waals surface area contributed by atoms with E-state index in [2.05, 4.69) is 48.2 Å². The molecule has 1 fully saturated rings. The molecule has 3 N–H and O–H groups in total. The van der Waals surface area contributed by atoms with Gasteiger partial charge in [0.05, 0.1) is 7.11 Å². The maximum Gasteiger partial charge on any atom is 0.320 e. The second kappa shape index (κ2) is 9.20. The Morgan fingerprint density at radius 2 is 1.85 bits per heavy atom. The second-order valence-electron chi connectivity index (χ2n) is 6.40. The minimum Gasteiger partial charge on any atom is -0.496 e. The van der Waals surface area contributed by atoms with Crippen LogP contribution in [0.15, 0.2) is 18.2 Å². The van der Waals surface area contributed by atoms with Crippen LogP contribution in [0.4, 0.5) is 17.6 Å². The van der Waals surface area contributed by atoms with E-state index in [4.69, 9.17) is 4.74 Å². The Morgan fingerprint density at radius 1 is 1.12 bits per heavy atom. The molecule has 3 rings (SSSR count). The van der Waals surface area contributed by atoms with Crippen molar-refractivity contribution in [1.82, 2.24) is 15.0 Å². The fourth-order valence-electron chi connectivity index (χ4n) is 3.18. The van der Waals surface area contributed by atoms with E-state index in [1.807, 2.05) is 18.2 Å². The summed E-state index contributed by atoms with van der Waals surface area (Å²) >= 11 is 2.30. The highest BCUT2D eigenvalue weighted by Gasteiger charge is 2.15. The molecule has 1 saturated carbocycles. The summed E-state index contributed by atoms with van der Waals surface area (Å²) in [4.78, 5) is 12.4. The fourth-order valence-corrected chi connectivity index (χ4v) is 3.78. The zero-order chi connectivity index (χ0) is 18.4. The first-order valence-electron chi connectivity index (χ1n) is 8.89. The average molecular weight is 469 g/mol. The zero-order valence-corrected chi connectivity index (χ0v) is 17.0. The van der Waals surface area contributed by atoms with Crippen LogP contribution in [0.1, 0.15) is 44.1 Å². The van der Waals surface area contributed by atoms with Crippen LogP contribution in [0.3, 0.4) is 0 Å². The number of nitrogens with zero attached hydrogens (tertiary/aromatic N) is 3. The summed E-state index contributed by atoms with van der Waals surface area (Å²) in [6.07, 6.45) is 7.20. The minimum absolute atomic E-state index is 0.291. The SMILES string of the molecule is COc1ccc(Nc2nc(O)nc(NC3CCCCCC3)n2)cc1CI. The number of anilines is 3. The van der Waals surface area contributed by atoms with E-state index < -0.39 is 0 Å². The van der Waals surface area contributed by atoms with Crippen LogP contribution in [0.5, 0.6) is 11.8 Å². The van der Waals surface area contributed by atoms with Gasteiger partial charge in [-0.25, -0.2) is 0 Å². The number of hydrogen-bond donors (Lipinski definition) is 3. The first kappa shape index (κ1) is 18.9. The Balaban J connectivity index is 1.75. The number of hydrogen-bond acceptors (Lipinski definition) is 7. The summed E-state index contributed by atoms with van der Waals surface area (Å²) in [5.41, 5.74) is 1.91. The Labute approximate surface area is 167 Å². The minimum atomic E-state index is -0.291. The number of ether oxygens (including phenoxy) is 1. The van der Waals surface area contributed by atoms with Crippen LogP contribution >= 0.6 is 22.6 Å². The van der Waals surface area contributed by atoms with Gasteiger partial charge in [-0.15, -0.1) is 0 Å². The van der Waals surface area contributed by atoms with Crippen molar-refractivity contribution in [3.8, 4) is 11.8 Å². The van der Waals surface area contributed by atoms with Gasteiger partial charge < -0.3 is 20.5 Å². The van der Waals surface area contributed by atoms with Gasteiger partial charge in [-0.05, 0) is 31.0 Å². The van der Waals surface area contributed by atoms with Crippen molar-refractivity contribution in [2.24, 2.45) is 0 Å². The molecule has 0 amide bonds.